The molecule has 1 N–H and O–H groups in total. The van der Waals surface area contributed by atoms with E-state index in [9.17, 15) is 19.5 Å². The maximum absolute atomic E-state index is 12.2. The molecule has 6 nitrogen and oxygen atoms in total. The van der Waals surface area contributed by atoms with E-state index in [2.05, 4.69) is 0 Å². The van der Waals surface area contributed by atoms with Crippen LogP contribution in [0.15, 0.2) is 0 Å². The van der Waals surface area contributed by atoms with E-state index in [0.29, 0.717) is 12.3 Å². The zero-order chi connectivity index (χ0) is 17.1. The van der Waals surface area contributed by atoms with Gasteiger partial charge in [-0.25, -0.2) is 4.79 Å². The van der Waals surface area contributed by atoms with Crippen molar-refractivity contribution in [1.29, 1.82) is 0 Å². The number of carbonyl (C=O) groups excluding carboxylic acids is 2. The van der Waals surface area contributed by atoms with Gasteiger partial charge in [-0.1, -0.05) is 11.8 Å². The van der Waals surface area contributed by atoms with Crippen molar-refractivity contribution in [3.8, 4) is 0 Å². The number of carboxylic acid groups (broad SMARTS) is 1. The topological polar surface area (TPSA) is 83.9 Å². The molecule has 0 aromatic carbocycles. The minimum absolute atomic E-state index is 0.00471. The molecular weight excluding hydrogens is 306 g/mol. The number of hydrogen-bond acceptors (Lipinski definition) is 5. The van der Waals surface area contributed by atoms with Gasteiger partial charge in [0.1, 0.15) is 0 Å². The Morgan fingerprint density at radius 1 is 1.45 bits per heavy atom. The fraction of sp³-hybridized carbons (Fsp3) is 0.800. The lowest BCUT2D eigenvalue weighted by Gasteiger charge is -2.33. The van der Waals surface area contributed by atoms with Gasteiger partial charge in [0.2, 0.25) is 5.91 Å². The number of amides is 1. The molecule has 0 aliphatic carbocycles. The van der Waals surface area contributed by atoms with Crippen molar-refractivity contribution >= 4 is 28.8 Å². The van der Waals surface area contributed by atoms with Crippen LogP contribution in [0.5, 0.6) is 0 Å². The zero-order valence-corrected chi connectivity index (χ0v) is 14.6. The maximum atomic E-state index is 12.2. The summed E-state index contributed by atoms with van der Waals surface area (Å²) in [4.78, 5) is 36.2. The molecule has 1 fully saturated rings. The molecule has 1 saturated heterocycles. The molecular formula is C15H25NO5S. The highest BCUT2D eigenvalue weighted by Crippen LogP contribution is 2.27. The second kappa shape index (κ2) is 7.46. The van der Waals surface area contributed by atoms with E-state index >= 15 is 0 Å². The highest BCUT2D eigenvalue weighted by Gasteiger charge is 2.41. The molecule has 1 aliphatic rings. The minimum Gasteiger partial charge on any atom is -0.480 e. The van der Waals surface area contributed by atoms with Crippen LogP contribution in [-0.2, 0) is 19.1 Å². The summed E-state index contributed by atoms with van der Waals surface area (Å²) in [7, 11) is 0. The number of thioether (sulfide) groups is 1. The summed E-state index contributed by atoms with van der Waals surface area (Å²) >= 11 is 1.17. The molecule has 1 rings (SSSR count). The van der Waals surface area contributed by atoms with Gasteiger partial charge in [0, 0.05) is 25.6 Å². The summed E-state index contributed by atoms with van der Waals surface area (Å²) in [6.45, 7) is 9.06. The Hall–Kier alpha value is -1.08. The van der Waals surface area contributed by atoms with Gasteiger partial charge in [0.05, 0.1) is 11.7 Å². The Labute approximate surface area is 135 Å². The van der Waals surface area contributed by atoms with E-state index in [1.165, 1.54) is 23.6 Å². The molecule has 0 radical (unpaired) electrons. The van der Waals surface area contributed by atoms with Crippen LogP contribution in [0.4, 0.5) is 0 Å². The molecule has 0 saturated carbocycles. The number of carbonyl (C=O) groups is 3. The van der Waals surface area contributed by atoms with Crippen molar-refractivity contribution in [2.45, 2.75) is 58.8 Å². The SMILES string of the molecule is CC(=O)SCC1CC(=O)N([C@@H](C(=O)O)[C@H](C)OC(C)(C)C)C1. The van der Waals surface area contributed by atoms with Gasteiger partial charge in [0.15, 0.2) is 11.2 Å². The fourth-order valence-electron chi connectivity index (χ4n) is 2.63. The van der Waals surface area contributed by atoms with Crippen LogP contribution in [-0.4, -0.2) is 57.0 Å². The molecule has 1 heterocycles. The molecule has 7 heteroatoms. The lowest BCUT2D eigenvalue weighted by Crippen LogP contribution is -2.51. The highest BCUT2D eigenvalue weighted by molar-refractivity contribution is 8.13. The fourth-order valence-corrected chi connectivity index (χ4v) is 3.33. The van der Waals surface area contributed by atoms with Crippen molar-refractivity contribution in [1.82, 2.24) is 4.90 Å². The Balaban J connectivity index is 2.77. The summed E-state index contributed by atoms with van der Waals surface area (Å²) in [6.07, 6.45) is -0.326. The van der Waals surface area contributed by atoms with E-state index in [4.69, 9.17) is 4.74 Å². The van der Waals surface area contributed by atoms with Crippen LogP contribution in [0, 0.1) is 5.92 Å². The highest BCUT2D eigenvalue weighted by atomic mass is 32.2. The van der Waals surface area contributed by atoms with Gasteiger partial charge in [-0.3, -0.25) is 9.59 Å². The maximum Gasteiger partial charge on any atom is 0.329 e. The summed E-state index contributed by atoms with van der Waals surface area (Å²) in [5.41, 5.74) is -0.486. The monoisotopic (exact) mass is 331 g/mol. The molecule has 0 spiro atoms. The Morgan fingerprint density at radius 3 is 2.50 bits per heavy atom. The number of nitrogens with zero attached hydrogens (tertiary/aromatic N) is 1. The predicted molar refractivity (Wildman–Crippen MR) is 84.7 cm³/mol. The van der Waals surface area contributed by atoms with Gasteiger partial charge >= 0.3 is 5.97 Å². The van der Waals surface area contributed by atoms with Crippen molar-refractivity contribution in [3.63, 3.8) is 0 Å². The molecule has 126 valence electrons. The van der Waals surface area contributed by atoms with E-state index in [1.807, 2.05) is 20.8 Å². The lowest BCUT2D eigenvalue weighted by atomic mass is 10.1. The molecule has 1 aliphatic heterocycles. The largest absolute Gasteiger partial charge is 0.480 e. The van der Waals surface area contributed by atoms with Gasteiger partial charge in [-0.05, 0) is 33.6 Å². The number of hydrogen-bond donors (Lipinski definition) is 1. The smallest absolute Gasteiger partial charge is 0.329 e. The number of aliphatic carboxylic acids is 1. The molecule has 3 atom stereocenters. The standard InChI is InChI=1S/C15H25NO5S/c1-9(21-15(3,4)5)13(14(19)20)16-7-11(6-12(16)18)8-22-10(2)17/h9,11,13H,6-8H2,1-5H3,(H,19,20)/t9-,11?,13+/m0/s1. The minimum atomic E-state index is -1.06. The Morgan fingerprint density at radius 2 is 2.05 bits per heavy atom. The number of carboxylic acids is 1. The summed E-state index contributed by atoms with van der Waals surface area (Å²) < 4.78 is 5.72. The van der Waals surface area contributed by atoms with Crippen LogP contribution in [0.1, 0.15) is 41.0 Å². The van der Waals surface area contributed by atoms with E-state index in [0.717, 1.165) is 0 Å². The van der Waals surface area contributed by atoms with Crippen LogP contribution in [0.2, 0.25) is 0 Å². The summed E-state index contributed by atoms with van der Waals surface area (Å²) in [5, 5.41) is 9.49. The number of ether oxygens (including phenoxy) is 1. The van der Waals surface area contributed by atoms with Gasteiger partial charge < -0.3 is 14.7 Å². The number of rotatable bonds is 6. The first kappa shape index (κ1) is 19.0. The third-order valence-electron chi connectivity index (χ3n) is 3.33. The Bertz CT molecular complexity index is 446. The second-order valence-corrected chi connectivity index (χ2v) is 7.83. The second-order valence-electron chi connectivity index (χ2n) is 6.64. The molecule has 1 amide bonds. The average Bonchev–Trinajstić information content (AvgIpc) is 2.65. The van der Waals surface area contributed by atoms with Crippen molar-refractivity contribution in [3.05, 3.63) is 0 Å². The van der Waals surface area contributed by atoms with Gasteiger partial charge in [-0.15, -0.1) is 0 Å². The third kappa shape index (κ3) is 5.61. The lowest BCUT2D eigenvalue weighted by molar-refractivity contribution is -0.160. The van der Waals surface area contributed by atoms with Gasteiger partial charge in [0.25, 0.3) is 0 Å². The number of likely N-dealkylation sites (tertiary alicyclic amines) is 1. The van der Waals surface area contributed by atoms with E-state index < -0.39 is 23.7 Å². The van der Waals surface area contributed by atoms with Crippen LogP contribution in [0.3, 0.4) is 0 Å². The first-order valence-corrected chi connectivity index (χ1v) is 8.33. The van der Waals surface area contributed by atoms with Gasteiger partial charge in [-0.2, -0.15) is 0 Å². The quantitative estimate of drug-likeness (QED) is 0.798. The van der Waals surface area contributed by atoms with Crippen molar-refractivity contribution < 1.29 is 24.2 Å². The molecule has 0 aromatic heterocycles. The third-order valence-corrected chi connectivity index (χ3v) is 4.38. The zero-order valence-electron chi connectivity index (χ0n) is 13.8. The predicted octanol–water partition coefficient (Wildman–Crippen LogP) is 1.77. The van der Waals surface area contributed by atoms with Crippen LogP contribution >= 0.6 is 11.8 Å². The molecule has 0 bridgehead atoms. The van der Waals surface area contributed by atoms with Crippen LogP contribution < -0.4 is 0 Å². The van der Waals surface area contributed by atoms with Crippen molar-refractivity contribution in [2.24, 2.45) is 5.92 Å². The summed E-state index contributed by atoms with van der Waals surface area (Å²) in [6, 6.07) is -1.00. The van der Waals surface area contributed by atoms with E-state index in [1.54, 1.807) is 6.92 Å². The first-order valence-electron chi connectivity index (χ1n) is 7.34. The molecule has 0 aromatic rings. The molecule has 1 unspecified atom stereocenters. The first-order chi connectivity index (χ1) is 10.0. The van der Waals surface area contributed by atoms with Crippen molar-refractivity contribution in [2.75, 3.05) is 12.3 Å². The Kier molecular flexibility index (Phi) is 6.43. The summed E-state index contributed by atoms with van der Waals surface area (Å²) in [5.74, 6) is -0.709. The molecule has 22 heavy (non-hydrogen) atoms. The van der Waals surface area contributed by atoms with Crippen LogP contribution in [0.25, 0.3) is 0 Å². The normalized spacial score (nSPS) is 21.8. The van der Waals surface area contributed by atoms with E-state index in [-0.39, 0.29) is 23.4 Å². The average molecular weight is 331 g/mol.